The Hall–Kier alpha value is -0.900. The molecule has 0 aliphatic heterocycles. The van der Waals surface area contributed by atoms with Crippen LogP contribution in [0.15, 0.2) is 18.2 Å². The fraction of sp³-hybridized carbons (Fsp3) is 0.714. The van der Waals surface area contributed by atoms with Crippen molar-refractivity contribution in [3.05, 3.63) is 34.9 Å². The molecule has 0 amide bonds. The highest BCUT2D eigenvalue weighted by Crippen LogP contribution is 2.40. The Morgan fingerprint density at radius 1 is 1.25 bits per heavy atom. The van der Waals surface area contributed by atoms with Crippen molar-refractivity contribution in [1.82, 2.24) is 0 Å². The van der Waals surface area contributed by atoms with Crippen LogP contribution in [0.3, 0.4) is 0 Å². The lowest BCUT2D eigenvalue weighted by atomic mass is 9.80. The van der Waals surface area contributed by atoms with Gasteiger partial charge in [0.2, 0.25) is 0 Å². The fourth-order valence-electron chi connectivity index (χ4n) is 4.43. The van der Waals surface area contributed by atoms with Crippen LogP contribution >= 0.6 is 0 Å². The fourth-order valence-corrected chi connectivity index (χ4v) is 4.43. The first kappa shape index (κ1) is 17.9. The summed E-state index contributed by atoms with van der Waals surface area (Å²) in [4.78, 5) is 0. The van der Waals surface area contributed by atoms with Crippen molar-refractivity contribution in [2.75, 3.05) is 19.8 Å². The van der Waals surface area contributed by atoms with Crippen molar-refractivity contribution in [2.24, 2.45) is 11.7 Å². The number of ether oxygens (including phenoxy) is 1. The summed E-state index contributed by atoms with van der Waals surface area (Å²) < 4.78 is 5.66. The van der Waals surface area contributed by atoms with Gasteiger partial charge in [0.15, 0.2) is 0 Å². The zero-order valence-corrected chi connectivity index (χ0v) is 15.1. The minimum atomic E-state index is -0.357. The van der Waals surface area contributed by atoms with Crippen molar-refractivity contribution in [3.8, 4) is 0 Å². The number of benzene rings is 1. The maximum absolute atomic E-state index is 9.48. The van der Waals surface area contributed by atoms with E-state index in [1.165, 1.54) is 42.4 Å². The summed E-state index contributed by atoms with van der Waals surface area (Å²) in [6, 6.07) is 7.08. The van der Waals surface area contributed by atoms with E-state index in [9.17, 15) is 5.11 Å². The summed E-state index contributed by atoms with van der Waals surface area (Å²) in [5, 5.41) is 9.48. The second-order valence-electron chi connectivity index (χ2n) is 8.00. The molecule has 3 heteroatoms. The predicted octanol–water partition coefficient (Wildman–Crippen LogP) is 3.57. The molecule has 3 rings (SSSR count). The molecule has 134 valence electrons. The zero-order chi connectivity index (χ0) is 17.0. The van der Waals surface area contributed by atoms with E-state index in [2.05, 4.69) is 25.1 Å². The summed E-state index contributed by atoms with van der Waals surface area (Å²) in [6.07, 6.45) is 8.94. The van der Waals surface area contributed by atoms with Gasteiger partial charge in [0, 0.05) is 18.8 Å². The molecule has 1 saturated carbocycles. The third-order valence-corrected chi connectivity index (χ3v) is 6.01. The Morgan fingerprint density at radius 3 is 2.88 bits per heavy atom. The number of rotatable bonds is 7. The quantitative estimate of drug-likeness (QED) is 0.751. The molecule has 3 nitrogen and oxygen atoms in total. The van der Waals surface area contributed by atoms with E-state index in [4.69, 9.17) is 10.5 Å². The van der Waals surface area contributed by atoms with Gasteiger partial charge in [0.05, 0.1) is 6.61 Å². The van der Waals surface area contributed by atoms with Gasteiger partial charge >= 0.3 is 0 Å². The molecular weight excluding hydrogens is 298 g/mol. The zero-order valence-electron chi connectivity index (χ0n) is 15.1. The molecule has 1 fully saturated rings. The van der Waals surface area contributed by atoms with Crippen LogP contribution in [0.1, 0.15) is 68.1 Å². The molecular formula is C21H33NO2. The molecule has 1 aromatic carbocycles. The monoisotopic (exact) mass is 331 g/mol. The Balaban J connectivity index is 1.58. The molecule has 24 heavy (non-hydrogen) atoms. The average Bonchev–Trinajstić information content (AvgIpc) is 3.01. The van der Waals surface area contributed by atoms with Gasteiger partial charge in [-0.25, -0.2) is 0 Å². The minimum Gasteiger partial charge on any atom is -0.394 e. The summed E-state index contributed by atoms with van der Waals surface area (Å²) in [5.74, 6) is 1.30. The molecule has 0 aromatic heterocycles. The van der Waals surface area contributed by atoms with E-state index in [0.717, 1.165) is 44.8 Å². The van der Waals surface area contributed by atoms with Crippen LogP contribution in [-0.2, 0) is 17.6 Å². The Labute approximate surface area is 146 Å². The lowest BCUT2D eigenvalue weighted by Gasteiger charge is -2.26. The lowest BCUT2D eigenvalue weighted by molar-refractivity contribution is 0.118. The third kappa shape index (κ3) is 4.19. The SMILES string of the molecule is CCCOCCC1CCc2cc([C@H]3CC[C@](N)(CO)C3)ccc2C1. The van der Waals surface area contributed by atoms with Gasteiger partial charge in [-0.2, -0.15) is 0 Å². The highest BCUT2D eigenvalue weighted by Gasteiger charge is 2.36. The van der Waals surface area contributed by atoms with Gasteiger partial charge in [-0.15, -0.1) is 0 Å². The van der Waals surface area contributed by atoms with E-state index in [1.807, 2.05) is 0 Å². The molecule has 1 unspecified atom stereocenters. The maximum Gasteiger partial charge on any atom is 0.0611 e. The topological polar surface area (TPSA) is 55.5 Å². The van der Waals surface area contributed by atoms with Gasteiger partial charge in [-0.1, -0.05) is 25.1 Å². The van der Waals surface area contributed by atoms with Crippen LogP contribution in [0, 0.1) is 5.92 Å². The van der Waals surface area contributed by atoms with Gasteiger partial charge < -0.3 is 15.6 Å². The first-order valence-corrected chi connectivity index (χ1v) is 9.73. The first-order valence-electron chi connectivity index (χ1n) is 9.73. The molecule has 0 heterocycles. The van der Waals surface area contributed by atoms with Gasteiger partial charge in [-0.05, 0) is 79.9 Å². The number of hydrogen-bond donors (Lipinski definition) is 2. The average molecular weight is 332 g/mol. The Kier molecular flexibility index (Phi) is 5.96. The number of aryl methyl sites for hydroxylation is 1. The van der Waals surface area contributed by atoms with Crippen molar-refractivity contribution in [2.45, 2.75) is 69.7 Å². The molecule has 0 spiro atoms. The molecule has 0 radical (unpaired) electrons. The van der Waals surface area contributed by atoms with E-state index in [0.29, 0.717) is 5.92 Å². The van der Waals surface area contributed by atoms with E-state index in [-0.39, 0.29) is 12.1 Å². The molecule has 2 aliphatic carbocycles. The Bertz CT molecular complexity index is 545. The number of nitrogens with two attached hydrogens (primary N) is 1. The lowest BCUT2D eigenvalue weighted by Crippen LogP contribution is -2.40. The predicted molar refractivity (Wildman–Crippen MR) is 98.3 cm³/mol. The van der Waals surface area contributed by atoms with Crippen molar-refractivity contribution < 1.29 is 9.84 Å². The van der Waals surface area contributed by atoms with Gasteiger partial charge in [0.25, 0.3) is 0 Å². The molecule has 3 atom stereocenters. The minimum absolute atomic E-state index is 0.107. The maximum atomic E-state index is 9.48. The van der Waals surface area contributed by atoms with Crippen molar-refractivity contribution in [1.29, 1.82) is 0 Å². The number of hydrogen-bond acceptors (Lipinski definition) is 3. The summed E-state index contributed by atoms with van der Waals surface area (Å²) >= 11 is 0. The summed E-state index contributed by atoms with van der Waals surface area (Å²) in [5.41, 5.74) is 10.4. The molecule has 0 saturated heterocycles. The van der Waals surface area contributed by atoms with Crippen molar-refractivity contribution in [3.63, 3.8) is 0 Å². The molecule has 3 N–H and O–H groups in total. The number of aliphatic hydroxyl groups is 1. The number of aliphatic hydroxyl groups excluding tert-OH is 1. The first-order chi connectivity index (χ1) is 11.6. The second-order valence-corrected chi connectivity index (χ2v) is 8.00. The van der Waals surface area contributed by atoms with Crippen LogP contribution in [0.2, 0.25) is 0 Å². The smallest absolute Gasteiger partial charge is 0.0611 e. The van der Waals surface area contributed by atoms with Crippen LogP contribution in [0.4, 0.5) is 0 Å². The highest BCUT2D eigenvalue weighted by molar-refractivity contribution is 5.36. The van der Waals surface area contributed by atoms with Crippen LogP contribution in [-0.4, -0.2) is 30.5 Å². The molecule has 0 bridgehead atoms. The van der Waals surface area contributed by atoms with E-state index in [1.54, 1.807) is 0 Å². The normalized spacial score (nSPS) is 29.6. The van der Waals surface area contributed by atoms with E-state index < -0.39 is 0 Å². The standard InChI is InChI=1S/C21H33NO2/c1-2-10-24-11-8-16-3-4-18-13-19(6-5-17(18)12-16)20-7-9-21(22,14-20)15-23/h5-6,13,16,20,23H,2-4,7-12,14-15,22H2,1H3/t16?,20-,21+/m0/s1. The van der Waals surface area contributed by atoms with Crippen LogP contribution < -0.4 is 5.73 Å². The number of fused-ring (bicyclic) bond motifs is 1. The van der Waals surface area contributed by atoms with Gasteiger partial charge in [-0.3, -0.25) is 0 Å². The molecule has 1 aromatic rings. The third-order valence-electron chi connectivity index (χ3n) is 6.01. The van der Waals surface area contributed by atoms with Crippen LogP contribution in [0.5, 0.6) is 0 Å². The van der Waals surface area contributed by atoms with E-state index >= 15 is 0 Å². The Morgan fingerprint density at radius 2 is 2.12 bits per heavy atom. The summed E-state index contributed by atoms with van der Waals surface area (Å²) in [6.45, 7) is 4.07. The molecule has 2 aliphatic rings. The highest BCUT2D eigenvalue weighted by atomic mass is 16.5. The summed E-state index contributed by atoms with van der Waals surface area (Å²) in [7, 11) is 0. The van der Waals surface area contributed by atoms with Gasteiger partial charge in [0.1, 0.15) is 0 Å². The second kappa shape index (κ2) is 7.99. The largest absolute Gasteiger partial charge is 0.394 e. The van der Waals surface area contributed by atoms with Crippen LogP contribution in [0.25, 0.3) is 0 Å². The van der Waals surface area contributed by atoms with Crippen molar-refractivity contribution >= 4 is 0 Å².